The molecule has 1 saturated heterocycles. The monoisotopic (exact) mass is 487 g/mol. The number of ether oxygens (including phenoxy) is 1. The Balaban J connectivity index is 1.39. The first-order valence-electron chi connectivity index (χ1n) is 10.3. The van der Waals surface area contributed by atoms with E-state index >= 15 is 0 Å². The first kappa shape index (κ1) is 22.1. The fourth-order valence-electron chi connectivity index (χ4n) is 3.85. The van der Waals surface area contributed by atoms with Gasteiger partial charge in [0, 0.05) is 38.3 Å². The number of sulfonamides is 1. The molecule has 1 fully saturated rings. The predicted octanol–water partition coefficient (Wildman–Crippen LogP) is 2.01. The molecule has 5 rings (SSSR count). The number of hydrogen-bond acceptors (Lipinski definition) is 8. The van der Waals surface area contributed by atoms with E-state index in [4.69, 9.17) is 4.74 Å². The molecule has 176 valence electrons. The van der Waals surface area contributed by atoms with Crippen molar-refractivity contribution in [3.05, 3.63) is 60.4 Å². The molecule has 0 unspecified atom stereocenters. The summed E-state index contributed by atoms with van der Waals surface area (Å²) in [4.78, 5) is 9.99. The molecule has 0 N–H and O–H groups in total. The third kappa shape index (κ3) is 3.82. The number of fused-ring (bicyclic) bond motifs is 1. The van der Waals surface area contributed by atoms with Crippen LogP contribution in [0.1, 0.15) is 0 Å². The third-order valence-electron chi connectivity index (χ3n) is 5.57. The van der Waals surface area contributed by atoms with Crippen molar-refractivity contribution in [1.29, 1.82) is 0 Å². The van der Waals surface area contributed by atoms with E-state index in [1.165, 1.54) is 10.6 Å². The van der Waals surface area contributed by atoms with Crippen molar-refractivity contribution in [3.8, 4) is 11.4 Å². The average molecular weight is 487 g/mol. The summed E-state index contributed by atoms with van der Waals surface area (Å²) in [5.74, 6) is -0.778. The molecule has 0 aliphatic carbocycles. The van der Waals surface area contributed by atoms with Gasteiger partial charge in [0.2, 0.25) is 10.0 Å². The number of hydrogen-bond donors (Lipinski definition) is 0. The number of halogens is 2. The highest BCUT2D eigenvalue weighted by Gasteiger charge is 2.32. The Morgan fingerprint density at radius 1 is 1.00 bits per heavy atom. The minimum atomic E-state index is -4.11. The van der Waals surface area contributed by atoms with Crippen molar-refractivity contribution in [2.45, 2.75) is 4.90 Å². The molecule has 2 aromatic heterocycles. The molecule has 0 amide bonds. The Hall–Kier alpha value is -3.71. The largest absolute Gasteiger partial charge is 0.497 e. The number of benzene rings is 2. The maximum Gasteiger partial charge on any atom is 0.246 e. The number of aromatic nitrogens is 5. The molecular weight excluding hydrogens is 468 g/mol. The highest BCUT2D eigenvalue weighted by atomic mass is 32.2. The quantitative estimate of drug-likeness (QED) is 0.421. The fraction of sp³-hybridized carbons (Fsp3) is 0.238. The molecule has 1 aliphatic rings. The second kappa shape index (κ2) is 8.57. The molecule has 13 heteroatoms. The van der Waals surface area contributed by atoms with Crippen LogP contribution >= 0.6 is 0 Å². The van der Waals surface area contributed by atoms with Crippen molar-refractivity contribution >= 4 is 27.0 Å². The van der Waals surface area contributed by atoms with E-state index in [0.717, 1.165) is 12.1 Å². The molecule has 10 nitrogen and oxygen atoms in total. The molecule has 34 heavy (non-hydrogen) atoms. The van der Waals surface area contributed by atoms with E-state index in [0.29, 0.717) is 47.6 Å². The summed E-state index contributed by atoms with van der Waals surface area (Å²) in [6, 6.07) is 9.71. The Morgan fingerprint density at radius 2 is 1.79 bits per heavy atom. The number of rotatable bonds is 5. The minimum absolute atomic E-state index is 0.0919. The SMILES string of the molecule is COc1cccc(-n2nnc3c(N4CCN(S(=O)(=O)c5ccc(F)cc5F)CC4)ncnc32)c1. The molecule has 0 spiro atoms. The number of piperazine rings is 1. The zero-order chi connectivity index (χ0) is 23.9. The second-order valence-corrected chi connectivity index (χ2v) is 9.44. The highest BCUT2D eigenvalue weighted by molar-refractivity contribution is 7.89. The maximum absolute atomic E-state index is 14.1. The van der Waals surface area contributed by atoms with Crippen LogP contribution in [0.15, 0.2) is 53.7 Å². The first-order valence-corrected chi connectivity index (χ1v) is 11.7. The van der Waals surface area contributed by atoms with Gasteiger partial charge in [-0.15, -0.1) is 5.10 Å². The van der Waals surface area contributed by atoms with Gasteiger partial charge in [0.25, 0.3) is 0 Å². The van der Waals surface area contributed by atoms with Crippen LogP contribution in [0.4, 0.5) is 14.6 Å². The summed E-state index contributed by atoms with van der Waals surface area (Å²) in [6.07, 6.45) is 1.40. The van der Waals surface area contributed by atoms with Gasteiger partial charge in [0.05, 0.1) is 12.8 Å². The molecule has 2 aromatic carbocycles. The molecule has 0 saturated carbocycles. The van der Waals surface area contributed by atoms with Gasteiger partial charge in [-0.05, 0) is 24.3 Å². The van der Waals surface area contributed by atoms with Gasteiger partial charge >= 0.3 is 0 Å². The van der Waals surface area contributed by atoms with Crippen LogP contribution in [0.3, 0.4) is 0 Å². The number of anilines is 1. The molecule has 0 bridgehead atoms. The molecule has 1 aliphatic heterocycles. The lowest BCUT2D eigenvalue weighted by Gasteiger charge is -2.34. The second-order valence-electron chi connectivity index (χ2n) is 7.54. The van der Waals surface area contributed by atoms with Crippen molar-refractivity contribution in [2.75, 3.05) is 38.2 Å². The number of nitrogens with zero attached hydrogens (tertiary/aromatic N) is 7. The Labute approximate surface area is 193 Å². The zero-order valence-corrected chi connectivity index (χ0v) is 18.8. The van der Waals surface area contributed by atoms with Crippen molar-refractivity contribution in [1.82, 2.24) is 29.3 Å². The summed E-state index contributed by atoms with van der Waals surface area (Å²) >= 11 is 0. The van der Waals surface area contributed by atoms with Gasteiger partial charge < -0.3 is 9.64 Å². The average Bonchev–Trinajstić information content (AvgIpc) is 3.28. The van der Waals surface area contributed by atoms with E-state index < -0.39 is 26.6 Å². The van der Waals surface area contributed by atoms with Crippen LogP contribution in [-0.4, -0.2) is 71.0 Å². The minimum Gasteiger partial charge on any atom is -0.497 e. The topological polar surface area (TPSA) is 106 Å². The summed E-state index contributed by atoms with van der Waals surface area (Å²) < 4.78 is 61.1. The molecule has 0 radical (unpaired) electrons. The van der Waals surface area contributed by atoms with E-state index in [2.05, 4.69) is 20.3 Å². The summed E-state index contributed by atoms with van der Waals surface area (Å²) in [5.41, 5.74) is 1.66. The van der Waals surface area contributed by atoms with Crippen molar-refractivity contribution in [3.63, 3.8) is 0 Å². The molecule has 3 heterocycles. The van der Waals surface area contributed by atoms with Gasteiger partial charge in [-0.2, -0.15) is 8.99 Å². The van der Waals surface area contributed by atoms with Gasteiger partial charge in [-0.25, -0.2) is 27.2 Å². The van der Waals surface area contributed by atoms with Gasteiger partial charge in [0.15, 0.2) is 17.0 Å². The predicted molar refractivity (Wildman–Crippen MR) is 118 cm³/mol. The fourth-order valence-corrected chi connectivity index (χ4v) is 5.32. The van der Waals surface area contributed by atoms with E-state index in [1.54, 1.807) is 17.9 Å². The lowest BCUT2D eigenvalue weighted by molar-refractivity contribution is 0.381. The van der Waals surface area contributed by atoms with Gasteiger partial charge in [-0.3, -0.25) is 0 Å². The van der Waals surface area contributed by atoms with Crippen LogP contribution in [0.2, 0.25) is 0 Å². The lowest BCUT2D eigenvalue weighted by Crippen LogP contribution is -2.49. The molecular formula is C21H19F2N7O3S. The standard InChI is InChI=1S/C21H19F2N7O3S/c1-33-16-4-2-3-15(12-16)30-21-19(26-27-30)20(24-13-25-21)28-7-9-29(10-8-28)34(31,32)18-6-5-14(22)11-17(18)23/h2-6,11-13H,7-10H2,1H3. The smallest absolute Gasteiger partial charge is 0.246 e. The van der Waals surface area contributed by atoms with Crippen LogP contribution < -0.4 is 9.64 Å². The van der Waals surface area contributed by atoms with Crippen LogP contribution in [0, 0.1) is 11.6 Å². The normalized spacial score (nSPS) is 15.1. The van der Waals surface area contributed by atoms with Crippen LogP contribution in [0.25, 0.3) is 16.9 Å². The Morgan fingerprint density at radius 3 is 2.53 bits per heavy atom. The van der Waals surface area contributed by atoms with E-state index in [-0.39, 0.29) is 13.1 Å². The highest BCUT2D eigenvalue weighted by Crippen LogP contribution is 2.27. The van der Waals surface area contributed by atoms with E-state index in [1.807, 2.05) is 23.1 Å². The third-order valence-corrected chi connectivity index (χ3v) is 7.50. The van der Waals surface area contributed by atoms with Crippen LogP contribution in [-0.2, 0) is 10.0 Å². The first-order chi connectivity index (χ1) is 16.4. The number of methoxy groups -OCH3 is 1. The van der Waals surface area contributed by atoms with Crippen molar-refractivity contribution in [2.24, 2.45) is 0 Å². The van der Waals surface area contributed by atoms with Crippen LogP contribution in [0.5, 0.6) is 5.75 Å². The lowest BCUT2D eigenvalue weighted by atomic mass is 10.3. The van der Waals surface area contributed by atoms with Crippen molar-refractivity contribution < 1.29 is 21.9 Å². The Kier molecular flexibility index (Phi) is 5.57. The maximum atomic E-state index is 14.1. The molecule has 4 aromatic rings. The Bertz CT molecular complexity index is 1470. The van der Waals surface area contributed by atoms with Gasteiger partial charge in [-0.1, -0.05) is 11.3 Å². The summed E-state index contributed by atoms with van der Waals surface area (Å²) in [7, 11) is -2.54. The summed E-state index contributed by atoms with van der Waals surface area (Å²) in [5, 5.41) is 8.46. The van der Waals surface area contributed by atoms with Gasteiger partial charge in [0.1, 0.15) is 28.6 Å². The zero-order valence-electron chi connectivity index (χ0n) is 18.0. The summed E-state index contributed by atoms with van der Waals surface area (Å²) in [6.45, 7) is 0.768. The van der Waals surface area contributed by atoms with E-state index in [9.17, 15) is 17.2 Å². The molecule has 0 atom stereocenters.